The van der Waals surface area contributed by atoms with E-state index >= 15 is 0 Å². The van der Waals surface area contributed by atoms with Crippen LogP contribution in [0.25, 0.3) is 21.9 Å². The van der Waals surface area contributed by atoms with Crippen molar-refractivity contribution in [3.63, 3.8) is 0 Å². The molecule has 98 valence electrons. The van der Waals surface area contributed by atoms with Gasteiger partial charge in [-0.2, -0.15) is 0 Å². The maximum absolute atomic E-state index is 11.1. The summed E-state index contributed by atoms with van der Waals surface area (Å²) in [7, 11) is 0. The van der Waals surface area contributed by atoms with Gasteiger partial charge in [0.1, 0.15) is 0 Å². The molecule has 0 unspecified atom stereocenters. The highest BCUT2D eigenvalue weighted by molar-refractivity contribution is 6.01. The van der Waals surface area contributed by atoms with Crippen molar-refractivity contribution in [2.75, 3.05) is 0 Å². The summed E-state index contributed by atoms with van der Waals surface area (Å²) in [6.45, 7) is 2.02. The SMILES string of the molecule is Cc1ccncc1-c1cccc2ccc(C(=O)O)cc12. The summed E-state index contributed by atoms with van der Waals surface area (Å²) >= 11 is 0. The lowest BCUT2D eigenvalue weighted by Gasteiger charge is -2.09. The van der Waals surface area contributed by atoms with Crippen LogP contribution in [0.15, 0.2) is 54.9 Å². The number of pyridine rings is 1. The van der Waals surface area contributed by atoms with Crippen molar-refractivity contribution < 1.29 is 9.90 Å². The van der Waals surface area contributed by atoms with Gasteiger partial charge in [-0.25, -0.2) is 4.79 Å². The first-order valence-electron chi connectivity index (χ1n) is 6.34. The zero-order valence-corrected chi connectivity index (χ0v) is 11.0. The highest BCUT2D eigenvalue weighted by atomic mass is 16.4. The zero-order valence-electron chi connectivity index (χ0n) is 11.0. The molecule has 0 saturated carbocycles. The predicted molar refractivity (Wildman–Crippen MR) is 78.9 cm³/mol. The smallest absolute Gasteiger partial charge is 0.335 e. The van der Waals surface area contributed by atoms with Gasteiger partial charge in [0, 0.05) is 18.0 Å². The summed E-state index contributed by atoms with van der Waals surface area (Å²) < 4.78 is 0. The number of fused-ring (bicyclic) bond motifs is 1. The topological polar surface area (TPSA) is 50.2 Å². The first-order valence-corrected chi connectivity index (χ1v) is 6.34. The lowest BCUT2D eigenvalue weighted by molar-refractivity contribution is 0.0697. The Balaban J connectivity index is 2.33. The molecule has 0 aliphatic heterocycles. The third-order valence-electron chi connectivity index (χ3n) is 3.46. The molecule has 0 fully saturated rings. The minimum Gasteiger partial charge on any atom is -0.478 e. The van der Waals surface area contributed by atoms with Gasteiger partial charge in [-0.15, -0.1) is 0 Å². The number of hydrogen-bond acceptors (Lipinski definition) is 2. The van der Waals surface area contributed by atoms with Crippen LogP contribution in [0.2, 0.25) is 0 Å². The maximum Gasteiger partial charge on any atom is 0.335 e. The lowest BCUT2D eigenvalue weighted by atomic mass is 9.95. The normalized spacial score (nSPS) is 10.7. The summed E-state index contributed by atoms with van der Waals surface area (Å²) in [5.74, 6) is -0.912. The van der Waals surface area contributed by atoms with Gasteiger partial charge in [0.25, 0.3) is 0 Å². The molecule has 1 N–H and O–H groups in total. The summed E-state index contributed by atoms with van der Waals surface area (Å²) in [6, 6.07) is 13.1. The minimum absolute atomic E-state index is 0.298. The van der Waals surface area contributed by atoms with Crippen LogP contribution in [-0.4, -0.2) is 16.1 Å². The van der Waals surface area contributed by atoms with Gasteiger partial charge in [0.05, 0.1) is 5.56 Å². The fraction of sp³-hybridized carbons (Fsp3) is 0.0588. The Bertz CT molecular complexity index is 809. The lowest BCUT2D eigenvalue weighted by Crippen LogP contribution is -1.96. The van der Waals surface area contributed by atoms with Gasteiger partial charge >= 0.3 is 5.97 Å². The number of carboxylic acid groups (broad SMARTS) is 1. The molecule has 3 heteroatoms. The van der Waals surface area contributed by atoms with Gasteiger partial charge < -0.3 is 5.11 Å². The number of benzene rings is 2. The van der Waals surface area contributed by atoms with E-state index < -0.39 is 5.97 Å². The first kappa shape index (κ1) is 12.4. The molecule has 0 spiro atoms. The van der Waals surface area contributed by atoms with Crippen molar-refractivity contribution in [2.45, 2.75) is 6.92 Å². The van der Waals surface area contributed by atoms with E-state index in [0.717, 1.165) is 27.5 Å². The molecule has 0 aliphatic rings. The van der Waals surface area contributed by atoms with Gasteiger partial charge in [-0.1, -0.05) is 24.3 Å². The molecular formula is C17H13NO2. The Hall–Kier alpha value is -2.68. The van der Waals surface area contributed by atoms with E-state index in [0.29, 0.717) is 5.56 Å². The van der Waals surface area contributed by atoms with Crippen LogP contribution in [0.1, 0.15) is 15.9 Å². The zero-order chi connectivity index (χ0) is 14.1. The van der Waals surface area contributed by atoms with Gasteiger partial charge in [-0.3, -0.25) is 4.98 Å². The van der Waals surface area contributed by atoms with Crippen LogP contribution in [0.5, 0.6) is 0 Å². The number of aromatic nitrogens is 1. The van der Waals surface area contributed by atoms with Crippen LogP contribution >= 0.6 is 0 Å². The largest absolute Gasteiger partial charge is 0.478 e. The highest BCUT2D eigenvalue weighted by Crippen LogP contribution is 2.30. The van der Waals surface area contributed by atoms with E-state index in [9.17, 15) is 4.79 Å². The molecule has 2 aromatic carbocycles. The molecule has 0 aliphatic carbocycles. The Kier molecular flexibility index (Phi) is 2.95. The average Bonchev–Trinajstić information content (AvgIpc) is 2.46. The molecule has 1 aromatic heterocycles. The number of hydrogen-bond donors (Lipinski definition) is 1. The Morgan fingerprint density at radius 1 is 1.10 bits per heavy atom. The highest BCUT2D eigenvalue weighted by Gasteiger charge is 2.09. The second-order valence-corrected chi connectivity index (χ2v) is 4.74. The quantitative estimate of drug-likeness (QED) is 0.762. The molecular weight excluding hydrogens is 250 g/mol. The number of nitrogens with zero attached hydrogens (tertiary/aromatic N) is 1. The molecule has 3 aromatic rings. The van der Waals surface area contributed by atoms with Crippen LogP contribution < -0.4 is 0 Å². The molecule has 0 amide bonds. The number of aromatic carboxylic acids is 1. The third-order valence-corrected chi connectivity index (χ3v) is 3.46. The first-order chi connectivity index (χ1) is 9.66. The van der Waals surface area contributed by atoms with Crippen molar-refractivity contribution in [1.29, 1.82) is 0 Å². The van der Waals surface area contributed by atoms with Crippen molar-refractivity contribution in [3.05, 3.63) is 66.0 Å². The fourth-order valence-electron chi connectivity index (χ4n) is 2.39. The van der Waals surface area contributed by atoms with E-state index in [2.05, 4.69) is 4.98 Å². The Morgan fingerprint density at radius 2 is 1.95 bits per heavy atom. The van der Waals surface area contributed by atoms with Crippen LogP contribution in [0, 0.1) is 6.92 Å². The summed E-state index contributed by atoms with van der Waals surface area (Å²) in [6.07, 6.45) is 3.57. The maximum atomic E-state index is 11.1. The third kappa shape index (κ3) is 2.03. The van der Waals surface area contributed by atoms with E-state index in [1.165, 1.54) is 0 Å². The van der Waals surface area contributed by atoms with Crippen molar-refractivity contribution >= 4 is 16.7 Å². The molecule has 20 heavy (non-hydrogen) atoms. The Morgan fingerprint density at radius 3 is 2.70 bits per heavy atom. The second-order valence-electron chi connectivity index (χ2n) is 4.74. The van der Waals surface area contributed by atoms with E-state index in [1.54, 1.807) is 18.3 Å². The average molecular weight is 263 g/mol. The monoisotopic (exact) mass is 263 g/mol. The predicted octanol–water partition coefficient (Wildman–Crippen LogP) is 3.91. The standard InChI is InChI=1S/C17H13NO2/c1-11-7-8-18-10-16(11)14-4-2-3-12-5-6-13(17(19)20)9-15(12)14/h2-10H,1H3,(H,19,20). The van der Waals surface area contributed by atoms with E-state index in [1.807, 2.05) is 43.5 Å². The number of carbonyl (C=O) groups is 1. The number of rotatable bonds is 2. The van der Waals surface area contributed by atoms with Crippen LogP contribution in [-0.2, 0) is 0 Å². The number of aryl methyl sites for hydroxylation is 1. The Labute approximate surface area is 116 Å². The van der Waals surface area contributed by atoms with Crippen molar-refractivity contribution in [1.82, 2.24) is 4.98 Å². The molecule has 0 radical (unpaired) electrons. The van der Waals surface area contributed by atoms with Gasteiger partial charge in [-0.05, 0) is 47.0 Å². The molecule has 3 nitrogen and oxygen atoms in total. The van der Waals surface area contributed by atoms with Crippen LogP contribution in [0.3, 0.4) is 0 Å². The van der Waals surface area contributed by atoms with Crippen LogP contribution in [0.4, 0.5) is 0 Å². The summed E-state index contributed by atoms with van der Waals surface area (Å²) in [4.78, 5) is 15.3. The van der Waals surface area contributed by atoms with Crippen molar-refractivity contribution in [3.8, 4) is 11.1 Å². The summed E-state index contributed by atoms with van der Waals surface area (Å²) in [5.41, 5.74) is 3.46. The minimum atomic E-state index is -0.912. The summed E-state index contributed by atoms with van der Waals surface area (Å²) in [5, 5.41) is 11.1. The fourth-order valence-corrected chi connectivity index (χ4v) is 2.39. The number of carboxylic acids is 1. The molecule has 0 saturated heterocycles. The van der Waals surface area contributed by atoms with Gasteiger partial charge in [0.2, 0.25) is 0 Å². The second kappa shape index (κ2) is 4.78. The van der Waals surface area contributed by atoms with E-state index in [-0.39, 0.29) is 0 Å². The molecule has 1 heterocycles. The van der Waals surface area contributed by atoms with Gasteiger partial charge in [0.15, 0.2) is 0 Å². The molecule has 0 atom stereocenters. The molecule has 0 bridgehead atoms. The molecule has 3 rings (SSSR count). The van der Waals surface area contributed by atoms with E-state index in [4.69, 9.17) is 5.11 Å². The van der Waals surface area contributed by atoms with Crippen molar-refractivity contribution in [2.24, 2.45) is 0 Å².